The minimum Gasteiger partial charge on any atom is -0.398 e. The number of aromatic nitrogens is 1. The van der Waals surface area contributed by atoms with E-state index in [0.29, 0.717) is 10.6 Å². The molecule has 0 fully saturated rings. The molecule has 2 aromatic rings. The second-order valence-electron chi connectivity index (χ2n) is 3.10. The molecule has 1 aromatic carbocycles. The van der Waals surface area contributed by atoms with Crippen LogP contribution in [0.5, 0.6) is 0 Å². The third kappa shape index (κ3) is 2.45. The second-order valence-corrected chi connectivity index (χ2v) is 5.50. The number of nitrogen functional groups attached to an aromatic ring is 1. The van der Waals surface area contributed by atoms with Crippen LogP contribution in [0.4, 0.5) is 10.1 Å². The fourth-order valence-corrected chi connectivity index (χ4v) is 3.24. The summed E-state index contributed by atoms with van der Waals surface area (Å²) in [5.74, 6) is -0.164. The number of benzene rings is 1. The molecule has 0 radical (unpaired) electrons. The van der Waals surface area contributed by atoms with Crippen LogP contribution in [-0.2, 0) is 16.6 Å². The lowest BCUT2D eigenvalue weighted by Crippen LogP contribution is -2.01. The van der Waals surface area contributed by atoms with E-state index < -0.39 is 16.6 Å². The van der Waals surface area contributed by atoms with Crippen molar-refractivity contribution in [2.45, 2.75) is 10.6 Å². The number of halogens is 1. The number of rotatable bonds is 3. The predicted molar refractivity (Wildman–Crippen MR) is 63.0 cm³/mol. The summed E-state index contributed by atoms with van der Waals surface area (Å²) in [4.78, 5) is 4.35. The van der Waals surface area contributed by atoms with Crippen molar-refractivity contribution < 1.29 is 8.60 Å². The molecular weight excluding hydrogens is 247 g/mol. The van der Waals surface area contributed by atoms with Crippen LogP contribution in [0, 0.1) is 5.82 Å². The Morgan fingerprint density at radius 2 is 2.31 bits per heavy atom. The van der Waals surface area contributed by atoms with Crippen molar-refractivity contribution in [3.8, 4) is 0 Å². The fraction of sp³-hybridized carbons (Fsp3) is 0.100. The van der Waals surface area contributed by atoms with Gasteiger partial charge in [-0.1, -0.05) is 0 Å². The Morgan fingerprint density at radius 1 is 1.50 bits per heavy atom. The molecule has 16 heavy (non-hydrogen) atoms. The predicted octanol–water partition coefficient (Wildman–Crippen LogP) is 2.17. The van der Waals surface area contributed by atoms with Crippen LogP contribution in [0.25, 0.3) is 0 Å². The average molecular weight is 256 g/mol. The van der Waals surface area contributed by atoms with Gasteiger partial charge in [0.05, 0.1) is 21.4 Å². The summed E-state index contributed by atoms with van der Waals surface area (Å²) >= 11 is 1.42. The Hall–Kier alpha value is -1.27. The third-order valence-electron chi connectivity index (χ3n) is 1.96. The summed E-state index contributed by atoms with van der Waals surface area (Å²) in [6.07, 6.45) is 1.64. The number of thiazole rings is 1. The molecule has 6 heteroatoms. The number of nitrogens with zero attached hydrogens (tertiary/aromatic N) is 1. The van der Waals surface area contributed by atoms with Gasteiger partial charge >= 0.3 is 0 Å². The lowest BCUT2D eigenvalue weighted by Gasteiger charge is -2.04. The van der Waals surface area contributed by atoms with Crippen molar-refractivity contribution in [1.29, 1.82) is 0 Å². The molecule has 0 amide bonds. The maximum atomic E-state index is 13.0. The monoisotopic (exact) mass is 256 g/mol. The number of nitrogens with two attached hydrogens (primary N) is 1. The van der Waals surface area contributed by atoms with Crippen molar-refractivity contribution in [2.75, 3.05) is 5.73 Å². The fourth-order valence-electron chi connectivity index (χ4n) is 1.22. The highest BCUT2D eigenvalue weighted by Gasteiger charge is 2.11. The quantitative estimate of drug-likeness (QED) is 0.856. The molecule has 1 heterocycles. The highest BCUT2D eigenvalue weighted by atomic mass is 32.2. The molecule has 1 unspecified atom stereocenters. The molecule has 0 aliphatic rings. The molecule has 0 spiro atoms. The number of hydrogen-bond donors (Lipinski definition) is 1. The van der Waals surface area contributed by atoms with Gasteiger partial charge < -0.3 is 5.73 Å². The number of anilines is 1. The van der Waals surface area contributed by atoms with Crippen LogP contribution in [-0.4, -0.2) is 9.19 Å². The maximum Gasteiger partial charge on any atom is 0.124 e. The topological polar surface area (TPSA) is 56.0 Å². The highest BCUT2D eigenvalue weighted by molar-refractivity contribution is 7.84. The zero-order valence-corrected chi connectivity index (χ0v) is 9.85. The molecule has 2 N–H and O–H groups in total. The van der Waals surface area contributed by atoms with Crippen molar-refractivity contribution in [3.05, 3.63) is 40.6 Å². The van der Waals surface area contributed by atoms with Crippen LogP contribution < -0.4 is 5.73 Å². The third-order valence-corrected chi connectivity index (χ3v) is 4.30. The van der Waals surface area contributed by atoms with E-state index in [1.165, 1.54) is 29.5 Å². The first-order valence-corrected chi connectivity index (χ1v) is 6.68. The van der Waals surface area contributed by atoms with Gasteiger partial charge in [0, 0.05) is 17.3 Å². The van der Waals surface area contributed by atoms with E-state index in [0.717, 1.165) is 5.01 Å². The Morgan fingerprint density at radius 3 is 3.00 bits per heavy atom. The van der Waals surface area contributed by atoms with E-state index in [2.05, 4.69) is 4.98 Å². The van der Waals surface area contributed by atoms with Crippen LogP contribution in [0.1, 0.15) is 5.01 Å². The Balaban J connectivity index is 2.24. The Labute approximate surface area is 98.6 Å². The summed E-state index contributed by atoms with van der Waals surface area (Å²) in [6.45, 7) is 0. The average Bonchev–Trinajstić information content (AvgIpc) is 2.74. The number of hydrogen-bond acceptors (Lipinski definition) is 4. The zero-order valence-electron chi connectivity index (χ0n) is 8.22. The van der Waals surface area contributed by atoms with Gasteiger partial charge in [0.1, 0.15) is 10.8 Å². The molecule has 1 atom stereocenters. The standard InChI is InChI=1S/C10H9FN2OS2/c11-7-1-2-8(12)9(5-7)16(14)6-10-13-3-4-15-10/h1-5H,6,12H2. The molecule has 0 saturated heterocycles. The first kappa shape index (κ1) is 11.2. The van der Waals surface area contributed by atoms with Gasteiger partial charge in [0.15, 0.2) is 0 Å². The van der Waals surface area contributed by atoms with Gasteiger partial charge in [-0.15, -0.1) is 11.3 Å². The largest absolute Gasteiger partial charge is 0.398 e. The van der Waals surface area contributed by atoms with Crippen LogP contribution in [0.3, 0.4) is 0 Å². The minimum absolute atomic E-state index is 0.269. The molecule has 0 saturated carbocycles. The first-order chi connectivity index (χ1) is 7.66. The van der Waals surface area contributed by atoms with Crippen LogP contribution in [0.15, 0.2) is 34.7 Å². The molecule has 0 aliphatic carbocycles. The van der Waals surface area contributed by atoms with Gasteiger partial charge in [-0.2, -0.15) is 0 Å². The van der Waals surface area contributed by atoms with E-state index in [-0.39, 0.29) is 5.75 Å². The zero-order chi connectivity index (χ0) is 11.5. The van der Waals surface area contributed by atoms with E-state index in [1.807, 2.05) is 5.38 Å². The van der Waals surface area contributed by atoms with Crippen LogP contribution in [0.2, 0.25) is 0 Å². The lowest BCUT2D eigenvalue weighted by atomic mass is 10.3. The molecule has 0 bridgehead atoms. The van der Waals surface area contributed by atoms with Crippen molar-refractivity contribution in [3.63, 3.8) is 0 Å². The van der Waals surface area contributed by atoms with Gasteiger partial charge in [0.2, 0.25) is 0 Å². The van der Waals surface area contributed by atoms with E-state index in [9.17, 15) is 8.60 Å². The first-order valence-electron chi connectivity index (χ1n) is 4.48. The van der Waals surface area contributed by atoms with Gasteiger partial charge in [-0.25, -0.2) is 9.37 Å². The van der Waals surface area contributed by atoms with Crippen LogP contribution >= 0.6 is 11.3 Å². The van der Waals surface area contributed by atoms with Crippen molar-refractivity contribution in [1.82, 2.24) is 4.98 Å². The molecule has 2 rings (SSSR count). The summed E-state index contributed by atoms with van der Waals surface area (Å²) in [6, 6.07) is 3.88. The van der Waals surface area contributed by atoms with Gasteiger partial charge in [-0.05, 0) is 18.2 Å². The molecule has 3 nitrogen and oxygen atoms in total. The smallest absolute Gasteiger partial charge is 0.124 e. The maximum absolute atomic E-state index is 13.0. The summed E-state index contributed by atoms with van der Waals surface area (Å²) < 4.78 is 24.9. The van der Waals surface area contributed by atoms with E-state index in [1.54, 1.807) is 6.20 Å². The highest BCUT2D eigenvalue weighted by Crippen LogP contribution is 2.20. The van der Waals surface area contributed by atoms with E-state index in [4.69, 9.17) is 5.73 Å². The Kier molecular flexibility index (Phi) is 3.31. The summed E-state index contributed by atoms with van der Waals surface area (Å²) in [5.41, 5.74) is 5.99. The molecule has 0 aliphatic heterocycles. The minimum atomic E-state index is -1.35. The van der Waals surface area contributed by atoms with E-state index >= 15 is 0 Å². The lowest BCUT2D eigenvalue weighted by molar-refractivity contribution is 0.623. The van der Waals surface area contributed by atoms with Gasteiger partial charge in [-0.3, -0.25) is 4.21 Å². The molecular formula is C10H9FN2OS2. The second kappa shape index (κ2) is 4.71. The molecule has 1 aromatic heterocycles. The van der Waals surface area contributed by atoms with Crippen molar-refractivity contribution in [2.24, 2.45) is 0 Å². The van der Waals surface area contributed by atoms with Crippen molar-refractivity contribution >= 4 is 27.8 Å². The summed E-state index contributed by atoms with van der Waals surface area (Å²) in [7, 11) is -1.35. The molecule has 84 valence electrons. The Bertz CT molecular complexity index is 514. The SMILES string of the molecule is Nc1ccc(F)cc1S(=O)Cc1nccs1. The summed E-state index contributed by atoms with van der Waals surface area (Å²) in [5, 5.41) is 2.56. The normalized spacial score (nSPS) is 12.6. The van der Waals surface area contributed by atoms with Gasteiger partial charge in [0.25, 0.3) is 0 Å².